The lowest BCUT2D eigenvalue weighted by Gasteiger charge is -2.08. The third-order valence-electron chi connectivity index (χ3n) is 2.87. The molecule has 2 aromatic heterocycles. The monoisotopic (exact) mass is 244 g/mol. The predicted octanol–water partition coefficient (Wildman–Crippen LogP) is 2.33. The van der Waals surface area contributed by atoms with Gasteiger partial charge >= 0.3 is 0 Å². The Morgan fingerprint density at radius 3 is 2.83 bits per heavy atom. The highest BCUT2D eigenvalue weighted by Crippen LogP contribution is 2.15. The minimum atomic E-state index is 0.874. The first-order chi connectivity index (χ1) is 8.86. The van der Waals surface area contributed by atoms with Gasteiger partial charge in [0.1, 0.15) is 0 Å². The minimum Gasteiger partial charge on any atom is -0.313 e. The van der Waals surface area contributed by atoms with E-state index in [4.69, 9.17) is 0 Å². The minimum absolute atomic E-state index is 0.874. The van der Waals surface area contributed by atoms with Crippen molar-refractivity contribution in [3.63, 3.8) is 0 Å². The average molecular weight is 244 g/mol. The van der Waals surface area contributed by atoms with Crippen LogP contribution < -0.4 is 5.32 Å². The van der Waals surface area contributed by atoms with Gasteiger partial charge in [0.15, 0.2) is 5.82 Å². The van der Waals surface area contributed by atoms with E-state index in [1.807, 2.05) is 29.1 Å². The second-order valence-corrected chi connectivity index (χ2v) is 4.25. The molecule has 0 unspecified atom stereocenters. The van der Waals surface area contributed by atoms with Gasteiger partial charge in [0.2, 0.25) is 0 Å². The molecule has 0 spiro atoms. The fourth-order valence-electron chi connectivity index (χ4n) is 1.99. The lowest BCUT2D eigenvalue weighted by atomic mass is 10.1. The van der Waals surface area contributed by atoms with Crippen LogP contribution in [0.2, 0.25) is 0 Å². The molecule has 0 fully saturated rings. The van der Waals surface area contributed by atoms with Crippen LogP contribution >= 0.6 is 0 Å². The second-order valence-electron chi connectivity index (χ2n) is 4.25. The Bertz CT molecular complexity index is 476. The summed E-state index contributed by atoms with van der Waals surface area (Å²) in [4.78, 5) is 4.37. The van der Waals surface area contributed by atoms with Gasteiger partial charge in [-0.3, -0.25) is 0 Å². The predicted molar refractivity (Wildman–Crippen MR) is 72.7 cm³/mol. The van der Waals surface area contributed by atoms with Crippen LogP contribution in [-0.4, -0.2) is 21.3 Å². The molecule has 0 aliphatic heterocycles. The van der Waals surface area contributed by atoms with Crippen molar-refractivity contribution in [3.05, 3.63) is 41.9 Å². The maximum Gasteiger partial charge on any atom is 0.153 e. The summed E-state index contributed by atoms with van der Waals surface area (Å²) in [5.41, 5.74) is 2.53. The molecule has 0 bridgehead atoms. The summed E-state index contributed by atoms with van der Waals surface area (Å²) in [6.07, 6.45) is 5.88. The van der Waals surface area contributed by atoms with E-state index in [-0.39, 0.29) is 0 Å². The molecular formula is C14H20N4. The van der Waals surface area contributed by atoms with E-state index in [0.29, 0.717) is 0 Å². The first-order valence-electron chi connectivity index (χ1n) is 6.54. The number of nitrogens with zero attached hydrogens (tertiary/aromatic N) is 3. The van der Waals surface area contributed by atoms with E-state index in [9.17, 15) is 0 Å². The third-order valence-corrected chi connectivity index (χ3v) is 2.87. The van der Waals surface area contributed by atoms with E-state index in [1.165, 1.54) is 11.3 Å². The SMILES string of the molecule is CCCc1c(CNCC)cnn1-c1ccccn1. The molecule has 4 nitrogen and oxygen atoms in total. The van der Waals surface area contributed by atoms with Gasteiger partial charge in [-0.1, -0.05) is 26.3 Å². The van der Waals surface area contributed by atoms with Crippen LogP contribution in [0.3, 0.4) is 0 Å². The van der Waals surface area contributed by atoms with Gasteiger partial charge in [-0.25, -0.2) is 9.67 Å². The number of pyridine rings is 1. The summed E-state index contributed by atoms with van der Waals surface area (Å²) in [5, 5.41) is 7.83. The van der Waals surface area contributed by atoms with Crippen LogP contribution in [0.5, 0.6) is 0 Å². The molecular weight excluding hydrogens is 224 g/mol. The van der Waals surface area contributed by atoms with Crippen molar-refractivity contribution in [1.29, 1.82) is 0 Å². The largest absolute Gasteiger partial charge is 0.313 e. The molecule has 0 amide bonds. The molecule has 1 N–H and O–H groups in total. The van der Waals surface area contributed by atoms with E-state index < -0.39 is 0 Å². The van der Waals surface area contributed by atoms with Crippen molar-refractivity contribution in [3.8, 4) is 5.82 Å². The van der Waals surface area contributed by atoms with Gasteiger partial charge in [-0.15, -0.1) is 0 Å². The van der Waals surface area contributed by atoms with Gasteiger partial charge < -0.3 is 5.32 Å². The fraction of sp³-hybridized carbons (Fsp3) is 0.429. The molecule has 96 valence electrons. The second kappa shape index (κ2) is 6.31. The lowest BCUT2D eigenvalue weighted by molar-refractivity contribution is 0.704. The van der Waals surface area contributed by atoms with Crippen molar-refractivity contribution in [2.45, 2.75) is 33.2 Å². The van der Waals surface area contributed by atoms with Crippen molar-refractivity contribution in [1.82, 2.24) is 20.1 Å². The van der Waals surface area contributed by atoms with E-state index >= 15 is 0 Å². The Hall–Kier alpha value is -1.68. The van der Waals surface area contributed by atoms with Gasteiger partial charge in [0.25, 0.3) is 0 Å². The molecule has 0 saturated heterocycles. The molecule has 0 aromatic carbocycles. The normalized spacial score (nSPS) is 10.8. The lowest BCUT2D eigenvalue weighted by Crippen LogP contribution is -2.13. The fourth-order valence-corrected chi connectivity index (χ4v) is 1.99. The number of hydrogen-bond acceptors (Lipinski definition) is 3. The topological polar surface area (TPSA) is 42.7 Å². The highest BCUT2D eigenvalue weighted by atomic mass is 15.3. The highest BCUT2D eigenvalue weighted by molar-refractivity contribution is 5.29. The first kappa shape index (κ1) is 12.8. The number of hydrogen-bond donors (Lipinski definition) is 1. The standard InChI is InChI=1S/C14H20N4/c1-3-7-13-12(10-15-4-2)11-17-18(13)14-8-5-6-9-16-14/h5-6,8-9,11,15H,3-4,7,10H2,1-2H3. The molecule has 0 aliphatic carbocycles. The first-order valence-corrected chi connectivity index (χ1v) is 6.54. The van der Waals surface area contributed by atoms with Crippen molar-refractivity contribution < 1.29 is 0 Å². The Kier molecular flexibility index (Phi) is 4.47. The van der Waals surface area contributed by atoms with E-state index in [0.717, 1.165) is 31.7 Å². The van der Waals surface area contributed by atoms with Crippen LogP contribution in [0.1, 0.15) is 31.5 Å². The van der Waals surface area contributed by atoms with Crippen LogP contribution in [0.15, 0.2) is 30.6 Å². The molecule has 2 aromatic rings. The van der Waals surface area contributed by atoms with Gasteiger partial charge in [0, 0.05) is 18.3 Å². The van der Waals surface area contributed by atoms with Crippen LogP contribution in [-0.2, 0) is 13.0 Å². The number of rotatable bonds is 6. The Morgan fingerprint density at radius 2 is 2.17 bits per heavy atom. The Morgan fingerprint density at radius 1 is 1.28 bits per heavy atom. The summed E-state index contributed by atoms with van der Waals surface area (Å²) < 4.78 is 1.95. The maximum atomic E-state index is 4.47. The molecule has 0 aliphatic rings. The number of aromatic nitrogens is 3. The van der Waals surface area contributed by atoms with Gasteiger partial charge in [0.05, 0.1) is 11.9 Å². The summed E-state index contributed by atoms with van der Waals surface area (Å²) in [6, 6.07) is 5.90. The molecule has 0 radical (unpaired) electrons. The molecule has 18 heavy (non-hydrogen) atoms. The zero-order valence-electron chi connectivity index (χ0n) is 11.1. The Labute approximate surface area is 108 Å². The Balaban J connectivity index is 2.32. The third kappa shape index (κ3) is 2.76. The molecule has 2 heterocycles. The summed E-state index contributed by atoms with van der Waals surface area (Å²) in [5.74, 6) is 0.892. The maximum absolute atomic E-state index is 4.47. The van der Waals surface area contributed by atoms with Crippen molar-refractivity contribution >= 4 is 0 Å². The summed E-state index contributed by atoms with van der Waals surface area (Å²) >= 11 is 0. The van der Waals surface area contributed by atoms with Crippen LogP contribution in [0, 0.1) is 0 Å². The van der Waals surface area contributed by atoms with Gasteiger partial charge in [-0.2, -0.15) is 5.10 Å². The van der Waals surface area contributed by atoms with Crippen LogP contribution in [0.25, 0.3) is 5.82 Å². The molecule has 0 atom stereocenters. The quantitative estimate of drug-likeness (QED) is 0.848. The zero-order valence-corrected chi connectivity index (χ0v) is 11.1. The molecule has 4 heteroatoms. The van der Waals surface area contributed by atoms with Gasteiger partial charge in [-0.05, 0) is 25.1 Å². The van der Waals surface area contributed by atoms with E-state index in [2.05, 4.69) is 29.2 Å². The van der Waals surface area contributed by atoms with Crippen molar-refractivity contribution in [2.24, 2.45) is 0 Å². The van der Waals surface area contributed by atoms with Crippen LogP contribution in [0.4, 0.5) is 0 Å². The smallest absolute Gasteiger partial charge is 0.153 e. The average Bonchev–Trinajstić information content (AvgIpc) is 2.81. The summed E-state index contributed by atoms with van der Waals surface area (Å²) in [7, 11) is 0. The van der Waals surface area contributed by atoms with Crippen molar-refractivity contribution in [2.75, 3.05) is 6.54 Å². The zero-order chi connectivity index (χ0) is 12.8. The summed E-state index contributed by atoms with van der Waals surface area (Å²) in [6.45, 7) is 6.15. The molecule has 0 saturated carbocycles. The van der Waals surface area contributed by atoms with E-state index in [1.54, 1.807) is 6.20 Å². The highest BCUT2D eigenvalue weighted by Gasteiger charge is 2.11. The molecule has 2 rings (SSSR count). The number of nitrogens with one attached hydrogen (secondary N) is 1.